The number of carbonyl (C=O) groups excluding carboxylic acids is 1. The molecule has 1 atom stereocenters. The van der Waals surface area contributed by atoms with Crippen molar-refractivity contribution in [3.05, 3.63) is 130 Å². The Balaban J connectivity index is 0.000000222. The summed E-state index contributed by atoms with van der Waals surface area (Å²) in [5.41, 5.74) is 12.0. The number of anilines is 3. The molecule has 0 spiro atoms. The van der Waals surface area contributed by atoms with E-state index in [9.17, 15) is 44.8 Å². The van der Waals surface area contributed by atoms with E-state index in [1.807, 2.05) is 0 Å². The van der Waals surface area contributed by atoms with E-state index in [2.05, 4.69) is 15.4 Å². The Hall–Kier alpha value is -7.20. The minimum atomic E-state index is -4.54. The second kappa shape index (κ2) is 21.4. The summed E-state index contributed by atoms with van der Waals surface area (Å²) in [7, 11) is -0.338. The Bertz CT molecular complexity index is 2860. The molecule has 2 heterocycles. The number of methoxy groups -OCH3 is 1. The average molecular weight is 978 g/mol. The van der Waals surface area contributed by atoms with E-state index in [4.69, 9.17) is 42.8 Å². The summed E-state index contributed by atoms with van der Waals surface area (Å²) in [6.45, 7) is 5.00. The van der Waals surface area contributed by atoms with Crippen LogP contribution in [-0.2, 0) is 45.7 Å². The fourth-order valence-electron chi connectivity index (χ4n) is 6.09. The maximum atomic E-state index is 13.1. The number of hydrogen-bond donors (Lipinski definition) is 5. The number of sulfonamides is 1. The minimum absolute atomic E-state index is 0.0331. The standard InChI is InChI=1S/C17H19ClN4O3S.C14H17F2NO4.C13H9F3N2O2/c1-21-16-14(19)9-8-13(18)15(16)17(20-21)22(26(3,23)24)10-11-4-6-12(25-2)7-5-11;1-14(2,3)21-13(20)17-11(12(18)19)6-8-4-9(15)7-10(16)5-8;14-13(15,16)11-3-1-2-10(18-11)7-4-5-8(12(19)20)9(17)6-7/h4-9H,10,19H2,1-3H3;4-5,7,11H,6H2,1-3H3,(H,17,20)(H,18,19);1-6H,17H2,(H,19,20)/t;11-;/m.0./s1. The molecule has 67 heavy (non-hydrogen) atoms. The third-order valence-corrected chi connectivity index (χ3v) is 10.5. The normalized spacial score (nSPS) is 11.9. The number of nitrogens with two attached hydrogens (primary N) is 2. The first-order valence-corrected chi connectivity index (χ1v) is 21.7. The van der Waals surface area contributed by atoms with Crippen LogP contribution in [0.2, 0.25) is 5.02 Å². The number of hydrogen-bond acceptors (Lipinski definition) is 11. The molecule has 0 aliphatic rings. The summed E-state index contributed by atoms with van der Waals surface area (Å²) in [5, 5.41) is 25.3. The lowest BCUT2D eigenvalue weighted by Crippen LogP contribution is -2.44. The van der Waals surface area contributed by atoms with Crippen molar-refractivity contribution in [1.29, 1.82) is 0 Å². The number of carboxylic acids is 2. The van der Waals surface area contributed by atoms with Gasteiger partial charge in [-0.05, 0) is 92.6 Å². The predicted octanol–water partition coefficient (Wildman–Crippen LogP) is 8.32. The highest BCUT2D eigenvalue weighted by molar-refractivity contribution is 7.92. The first kappa shape index (κ1) is 52.4. The lowest BCUT2D eigenvalue weighted by atomic mass is 10.1. The van der Waals surface area contributed by atoms with Gasteiger partial charge < -0.3 is 36.5 Å². The molecule has 0 bridgehead atoms. The molecule has 0 aliphatic heterocycles. The summed E-state index contributed by atoms with van der Waals surface area (Å²) < 4.78 is 102. The summed E-state index contributed by atoms with van der Waals surface area (Å²) in [5.74, 6) is -3.22. The van der Waals surface area contributed by atoms with E-state index in [1.54, 1.807) is 71.3 Å². The number of aryl methyl sites for hydroxylation is 1. The van der Waals surface area contributed by atoms with Crippen molar-refractivity contribution in [3.63, 3.8) is 0 Å². The quantitative estimate of drug-likeness (QED) is 0.0607. The molecule has 6 rings (SSSR count). The molecule has 0 radical (unpaired) electrons. The van der Waals surface area contributed by atoms with E-state index in [1.165, 1.54) is 39.3 Å². The number of aromatic nitrogens is 3. The van der Waals surface area contributed by atoms with Crippen LogP contribution >= 0.6 is 11.6 Å². The van der Waals surface area contributed by atoms with Crippen molar-refractivity contribution >= 4 is 67.8 Å². The van der Waals surface area contributed by atoms with E-state index in [0.717, 1.165) is 30.0 Å². The smallest absolute Gasteiger partial charge is 0.433 e. The maximum Gasteiger partial charge on any atom is 0.433 e. The van der Waals surface area contributed by atoms with Gasteiger partial charge in [0.15, 0.2) is 5.82 Å². The highest BCUT2D eigenvalue weighted by atomic mass is 35.5. The van der Waals surface area contributed by atoms with Gasteiger partial charge in [0.05, 0.1) is 52.8 Å². The van der Waals surface area contributed by atoms with Gasteiger partial charge in [-0.2, -0.15) is 18.3 Å². The molecule has 7 N–H and O–H groups in total. The molecule has 0 saturated carbocycles. The number of carboxylic acid groups (broad SMARTS) is 2. The summed E-state index contributed by atoms with van der Waals surface area (Å²) in [6.07, 6.45) is -4.57. The number of aromatic carboxylic acids is 1. The third kappa shape index (κ3) is 14.6. The van der Waals surface area contributed by atoms with Crippen LogP contribution < -0.4 is 25.8 Å². The number of nitrogen functional groups attached to an aromatic ring is 2. The predicted molar refractivity (Wildman–Crippen MR) is 241 cm³/mol. The zero-order chi connectivity index (χ0) is 50.2. The molecule has 6 aromatic rings. The number of fused-ring (bicyclic) bond motifs is 1. The molecule has 0 fully saturated rings. The molecule has 0 unspecified atom stereocenters. The summed E-state index contributed by atoms with van der Waals surface area (Å²) in [6, 6.07) is 19.2. The van der Waals surface area contributed by atoms with Crippen molar-refractivity contribution in [1.82, 2.24) is 20.1 Å². The highest BCUT2D eigenvalue weighted by Crippen LogP contribution is 2.37. The molecule has 0 saturated heterocycles. The average Bonchev–Trinajstić information content (AvgIpc) is 3.57. The van der Waals surface area contributed by atoms with Crippen molar-refractivity contribution in [2.24, 2.45) is 7.05 Å². The zero-order valence-corrected chi connectivity index (χ0v) is 38.1. The van der Waals surface area contributed by atoms with Gasteiger partial charge in [0.2, 0.25) is 10.0 Å². The van der Waals surface area contributed by atoms with Gasteiger partial charge in [-0.15, -0.1) is 0 Å². The Labute approximate surface area is 385 Å². The molecule has 23 heteroatoms. The summed E-state index contributed by atoms with van der Waals surface area (Å²) >= 11 is 6.34. The summed E-state index contributed by atoms with van der Waals surface area (Å²) in [4.78, 5) is 37.0. The number of amides is 1. The number of nitrogens with one attached hydrogen (secondary N) is 1. The van der Waals surface area contributed by atoms with Gasteiger partial charge in [0, 0.05) is 30.8 Å². The number of halogens is 6. The SMILES string of the molecule is CC(C)(C)OC(=O)N[C@@H](Cc1cc(F)cc(F)c1)C(=O)O.COc1ccc(CN(c2nn(C)c3c(N)ccc(Cl)c23)S(C)(=O)=O)cc1.Nc1cc(-c2cccc(C(F)(F)F)n2)ccc1C(=O)O. The number of ether oxygens (including phenoxy) is 2. The van der Waals surface area contributed by atoms with Crippen LogP contribution in [-0.4, -0.2) is 76.4 Å². The van der Waals surface area contributed by atoms with E-state index in [-0.39, 0.29) is 41.3 Å². The van der Waals surface area contributed by atoms with Crippen molar-refractivity contribution in [2.45, 2.75) is 51.6 Å². The second-order valence-corrected chi connectivity index (χ2v) is 17.8. The van der Waals surface area contributed by atoms with E-state index in [0.29, 0.717) is 39.0 Å². The number of pyridine rings is 1. The van der Waals surface area contributed by atoms with Crippen LogP contribution in [0.1, 0.15) is 48.0 Å². The highest BCUT2D eigenvalue weighted by Gasteiger charge is 2.33. The zero-order valence-electron chi connectivity index (χ0n) is 36.5. The largest absolute Gasteiger partial charge is 0.497 e. The maximum absolute atomic E-state index is 13.1. The van der Waals surface area contributed by atoms with E-state index < -0.39 is 63.2 Å². The monoisotopic (exact) mass is 977 g/mol. The minimum Gasteiger partial charge on any atom is -0.497 e. The first-order valence-electron chi connectivity index (χ1n) is 19.4. The Kier molecular flexibility index (Phi) is 16.7. The molecule has 0 aliphatic carbocycles. The van der Waals surface area contributed by atoms with Gasteiger partial charge in [-0.3, -0.25) is 4.68 Å². The molecule has 4 aromatic carbocycles. The molecule has 2 aromatic heterocycles. The van der Waals surface area contributed by atoms with E-state index >= 15 is 0 Å². The first-order chi connectivity index (χ1) is 31.1. The fraction of sp³-hybridized carbons (Fsp3) is 0.250. The number of alkyl halides is 3. The Morgan fingerprint density at radius 2 is 1.52 bits per heavy atom. The number of rotatable bonds is 11. The van der Waals surface area contributed by atoms with Crippen molar-refractivity contribution in [3.8, 4) is 17.0 Å². The number of benzene rings is 4. The molecule has 1 amide bonds. The Morgan fingerprint density at radius 1 is 0.896 bits per heavy atom. The van der Waals surface area contributed by atoms with Crippen LogP contribution in [0.4, 0.5) is 43.9 Å². The second-order valence-electron chi connectivity index (χ2n) is 15.5. The van der Waals surface area contributed by atoms with Crippen LogP contribution in [0.5, 0.6) is 5.75 Å². The van der Waals surface area contributed by atoms with Gasteiger partial charge in [-0.25, -0.2) is 40.9 Å². The van der Waals surface area contributed by atoms with Crippen LogP contribution in [0.25, 0.3) is 22.2 Å². The van der Waals surface area contributed by atoms with Gasteiger partial charge >= 0.3 is 24.2 Å². The van der Waals surface area contributed by atoms with Gasteiger partial charge in [0.25, 0.3) is 0 Å². The third-order valence-electron chi connectivity index (χ3n) is 9.04. The van der Waals surface area contributed by atoms with Gasteiger partial charge in [0.1, 0.15) is 34.7 Å². The lowest BCUT2D eigenvalue weighted by Gasteiger charge is -2.22. The van der Waals surface area contributed by atoms with Crippen LogP contribution in [0, 0.1) is 11.6 Å². The number of aliphatic carboxylic acids is 1. The van der Waals surface area contributed by atoms with Crippen molar-refractivity contribution < 1.29 is 64.4 Å². The lowest BCUT2D eigenvalue weighted by molar-refractivity contribution is -0.141. The van der Waals surface area contributed by atoms with Crippen LogP contribution in [0.3, 0.4) is 0 Å². The number of alkyl carbamates (subject to hydrolysis) is 1. The fourth-order valence-corrected chi connectivity index (χ4v) is 7.15. The molecule has 358 valence electrons. The molecular weight excluding hydrogens is 933 g/mol. The topological polar surface area (TPSA) is 242 Å². The van der Waals surface area contributed by atoms with Gasteiger partial charge in [-0.1, -0.05) is 35.9 Å². The molecule has 16 nitrogen and oxygen atoms in total. The van der Waals surface area contributed by atoms with Crippen LogP contribution in [0.15, 0.2) is 91.0 Å². The number of nitrogens with zero attached hydrogens (tertiary/aromatic N) is 4. The number of carbonyl (C=O) groups is 3. The molecular formula is C44H45ClF5N7O9S. The Morgan fingerprint density at radius 3 is 2.04 bits per heavy atom. The van der Waals surface area contributed by atoms with Crippen molar-refractivity contribution in [2.75, 3.05) is 29.1 Å².